The van der Waals surface area contributed by atoms with Crippen molar-refractivity contribution >= 4 is 5.97 Å². The summed E-state index contributed by atoms with van der Waals surface area (Å²) in [7, 11) is 0. The van der Waals surface area contributed by atoms with E-state index in [1.807, 2.05) is 25.1 Å². The topological polar surface area (TPSA) is 57.5 Å². The van der Waals surface area contributed by atoms with E-state index in [0.29, 0.717) is 5.56 Å². The summed E-state index contributed by atoms with van der Waals surface area (Å²) < 4.78 is 0. The second kappa shape index (κ2) is 4.77. The summed E-state index contributed by atoms with van der Waals surface area (Å²) >= 11 is 0. The average molecular weight is 194 g/mol. The largest absolute Gasteiger partial charge is 0.481 e. The Balaban J connectivity index is 2.78. The minimum Gasteiger partial charge on any atom is -0.481 e. The second-order valence-corrected chi connectivity index (χ2v) is 3.21. The van der Waals surface area contributed by atoms with Gasteiger partial charge >= 0.3 is 5.97 Å². The van der Waals surface area contributed by atoms with Gasteiger partial charge in [0, 0.05) is 0 Å². The van der Waals surface area contributed by atoms with Crippen molar-refractivity contribution in [2.24, 2.45) is 0 Å². The lowest BCUT2D eigenvalue weighted by atomic mass is 10.0. The van der Waals surface area contributed by atoms with E-state index in [1.54, 1.807) is 6.07 Å². The van der Waals surface area contributed by atoms with Gasteiger partial charge in [-0.25, -0.2) is 0 Å². The molecular formula is C11H14O3. The number of carbonyl (C=O) groups is 1. The van der Waals surface area contributed by atoms with E-state index in [9.17, 15) is 9.90 Å². The van der Waals surface area contributed by atoms with Crippen molar-refractivity contribution in [3.8, 4) is 0 Å². The molecule has 76 valence electrons. The molecule has 0 aliphatic heterocycles. The zero-order chi connectivity index (χ0) is 10.6. The van der Waals surface area contributed by atoms with E-state index in [1.165, 1.54) is 0 Å². The van der Waals surface area contributed by atoms with Crippen LogP contribution in [-0.2, 0) is 11.2 Å². The van der Waals surface area contributed by atoms with E-state index in [4.69, 9.17) is 5.11 Å². The molecule has 0 unspecified atom stereocenters. The number of hydrogen-bond donors (Lipinski definition) is 2. The molecule has 0 aliphatic carbocycles. The number of rotatable bonds is 4. The van der Waals surface area contributed by atoms with Gasteiger partial charge in [-0.2, -0.15) is 0 Å². The molecule has 0 fully saturated rings. The zero-order valence-corrected chi connectivity index (χ0v) is 8.10. The lowest BCUT2D eigenvalue weighted by molar-refractivity contribution is -0.139. The highest BCUT2D eigenvalue weighted by Gasteiger charge is 2.11. The average Bonchev–Trinajstić information content (AvgIpc) is 2.17. The van der Waals surface area contributed by atoms with Crippen LogP contribution in [0.5, 0.6) is 0 Å². The Kier molecular flexibility index (Phi) is 3.65. The Morgan fingerprint density at radius 1 is 1.50 bits per heavy atom. The van der Waals surface area contributed by atoms with Crippen LogP contribution in [0, 0.1) is 0 Å². The molecular weight excluding hydrogens is 180 g/mol. The van der Waals surface area contributed by atoms with Crippen molar-refractivity contribution in [2.45, 2.75) is 25.9 Å². The fourth-order valence-electron chi connectivity index (χ4n) is 1.30. The first-order chi connectivity index (χ1) is 6.63. The number of aliphatic hydroxyl groups excluding tert-OH is 1. The van der Waals surface area contributed by atoms with E-state index in [0.717, 1.165) is 12.0 Å². The zero-order valence-electron chi connectivity index (χ0n) is 8.10. The monoisotopic (exact) mass is 194 g/mol. The molecule has 1 rings (SSSR count). The maximum Gasteiger partial charge on any atom is 0.306 e. The van der Waals surface area contributed by atoms with Gasteiger partial charge in [-0.15, -0.1) is 0 Å². The van der Waals surface area contributed by atoms with Gasteiger partial charge < -0.3 is 10.2 Å². The number of aliphatic hydroxyl groups is 1. The first kappa shape index (κ1) is 10.7. The molecule has 0 saturated carbocycles. The maximum atomic E-state index is 10.4. The highest BCUT2D eigenvalue weighted by Crippen LogP contribution is 2.17. The van der Waals surface area contributed by atoms with E-state index in [-0.39, 0.29) is 6.42 Å². The van der Waals surface area contributed by atoms with Crippen LogP contribution in [0.3, 0.4) is 0 Å². The lowest BCUT2D eigenvalue weighted by Gasteiger charge is -2.09. The van der Waals surface area contributed by atoms with Crippen LogP contribution >= 0.6 is 0 Å². The molecule has 0 heterocycles. The van der Waals surface area contributed by atoms with Crippen molar-refractivity contribution in [1.29, 1.82) is 0 Å². The van der Waals surface area contributed by atoms with Gasteiger partial charge in [-0.05, 0) is 17.5 Å². The normalized spacial score (nSPS) is 12.4. The molecule has 0 radical (unpaired) electrons. The summed E-state index contributed by atoms with van der Waals surface area (Å²) in [5, 5.41) is 18.0. The highest BCUT2D eigenvalue weighted by molar-refractivity contribution is 5.67. The Labute approximate surface area is 83.0 Å². The van der Waals surface area contributed by atoms with Gasteiger partial charge in [0.05, 0.1) is 12.5 Å². The van der Waals surface area contributed by atoms with Gasteiger partial charge in [-0.3, -0.25) is 4.79 Å². The van der Waals surface area contributed by atoms with Gasteiger partial charge in [0.1, 0.15) is 0 Å². The molecule has 0 aromatic heterocycles. The predicted molar refractivity (Wildman–Crippen MR) is 53.0 cm³/mol. The summed E-state index contributed by atoms with van der Waals surface area (Å²) in [5.74, 6) is -0.987. The molecule has 0 saturated heterocycles. The van der Waals surface area contributed by atoms with Crippen LogP contribution in [0.25, 0.3) is 0 Å². The molecule has 0 spiro atoms. The molecule has 0 bridgehead atoms. The molecule has 2 N–H and O–H groups in total. The Morgan fingerprint density at radius 2 is 2.21 bits per heavy atom. The maximum absolute atomic E-state index is 10.4. The van der Waals surface area contributed by atoms with Crippen molar-refractivity contribution in [1.82, 2.24) is 0 Å². The van der Waals surface area contributed by atoms with Crippen molar-refractivity contribution in [2.75, 3.05) is 0 Å². The smallest absolute Gasteiger partial charge is 0.306 e. The van der Waals surface area contributed by atoms with E-state index < -0.39 is 12.1 Å². The summed E-state index contributed by atoms with van der Waals surface area (Å²) in [4.78, 5) is 10.4. The first-order valence-electron chi connectivity index (χ1n) is 4.62. The molecule has 1 atom stereocenters. The molecule has 3 nitrogen and oxygen atoms in total. The van der Waals surface area contributed by atoms with Crippen LogP contribution in [-0.4, -0.2) is 16.2 Å². The summed E-state index contributed by atoms with van der Waals surface area (Å²) in [6.45, 7) is 2.02. The number of aliphatic carboxylic acids is 1. The predicted octanol–water partition coefficient (Wildman–Crippen LogP) is 1.76. The van der Waals surface area contributed by atoms with E-state index >= 15 is 0 Å². The summed E-state index contributed by atoms with van der Waals surface area (Å²) in [6, 6.07) is 7.37. The number of benzene rings is 1. The molecule has 1 aromatic carbocycles. The molecule has 3 heteroatoms. The molecule has 1 aromatic rings. The fraction of sp³-hybridized carbons (Fsp3) is 0.364. The molecule has 0 aliphatic rings. The first-order valence-corrected chi connectivity index (χ1v) is 4.62. The van der Waals surface area contributed by atoms with Crippen molar-refractivity contribution < 1.29 is 15.0 Å². The number of carboxylic acids is 1. The van der Waals surface area contributed by atoms with Crippen LogP contribution in [0.2, 0.25) is 0 Å². The van der Waals surface area contributed by atoms with Gasteiger partial charge in [0.25, 0.3) is 0 Å². The van der Waals surface area contributed by atoms with Crippen LogP contribution in [0.15, 0.2) is 24.3 Å². The van der Waals surface area contributed by atoms with Crippen molar-refractivity contribution in [3.05, 3.63) is 35.4 Å². The Hall–Kier alpha value is -1.35. The molecule has 0 amide bonds. The minimum absolute atomic E-state index is 0.243. The third kappa shape index (κ3) is 2.85. The number of hydrogen-bond acceptors (Lipinski definition) is 2. The lowest BCUT2D eigenvalue weighted by Crippen LogP contribution is -2.05. The standard InChI is InChI=1S/C11H14O3/c1-2-8-4-3-5-9(6-8)10(12)7-11(13)14/h3-6,10,12H,2,7H2,1H3,(H,13,14)/t10-/m0/s1. The number of aryl methyl sites for hydroxylation is 1. The fourth-order valence-corrected chi connectivity index (χ4v) is 1.30. The summed E-state index contributed by atoms with van der Waals surface area (Å²) in [5.41, 5.74) is 1.78. The SMILES string of the molecule is CCc1cccc([C@@H](O)CC(=O)O)c1. The minimum atomic E-state index is -0.987. The van der Waals surface area contributed by atoms with E-state index in [2.05, 4.69) is 0 Å². The van der Waals surface area contributed by atoms with Gasteiger partial charge in [0.2, 0.25) is 0 Å². The quantitative estimate of drug-likeness (QED) is 0.767. The number of carboxylic acid groups (broad SMARTS) is 1. The molecule has 14 heavy (non-hydrogen) atoms. The van der Waals surface area contributed by atoms with Gasteiger partial charge in [-0.1, -0.05) is 31.2 Å². The van der Waals surface area contributed by atoms with Crippen LogP contribution in [0.4, 0.5) is 0 Å². The third-order valence-electron chi connectivity index (χ3n) is 2.11. The summed E-state index contributed by atoms with van der Waals surface area (Å²) in [6.07, 6.45) is -0.264. The van der Waals surface area contributed by atoms with Crippen molar-refractivity contribution in [3.63, 3.8) is 0 Å². The van der Waals surface area contributed by atoms with Crippen LogP contribution in [0.1, 0.15) is 30.6 Å². The second-order valence-electron chi connectivity index (χ2n) is 3.21. The van der Waals surface area contributed by atoms with Crippen LogP contribution < -0.4 is 0 Å². The Bertz CT molecular complexity index is 320. The third-order valence-corrected chi connectivity index (χ3v) is 2.11. The Morgan fingerprint density at radius 3 is 2.79 bits per heavy atom. The van der Waals surface area contributed by atoms with Gasteiger partial charge in [0.15, 0.2) is 0 Å². The highest BCUT2D eigenvalue weighted by atomic mass is 16.4.